The third kappa shape index (κ3) is 7.98. The molecule has 1 N–H and O–H groups in total. The van der Waals surface area contributed by atoms with E-state index in [1.165, 1.54) is 29.2 Å². The van der Waals surface area contributed by atoms with Gasteiger partial charge in [-0.25, -0.2) is 8.42 Å². The maximum absolute atomic E-state index is 14.2. The summed E-state index contributed by atoms with van der Waals surface area (Å²) in [7, 11) is -4.18. The van der Waals surface area contributed by atoms with Crippen LogP contribution in [0.5, 0.6) is 0 Å². The molecule has 224 valence electrons. The summed E-state index contributed by atoms with van der Waals surface area (Å²) in [5.74, 6) is -0.817. The molecule has 3 aromatic carbocycles. The van der Waals surface area contributed by atoms with Gasteiger partial charge in [0.1, 0.15) is 12.6 Å². The van der Waals surface area contributed by atoms with Crippen LogP contribution < -0.4 is 9.62 Å². The normalized spacial score (nSPS) is 14.7. The molecule has 0 aromatic heterocycles. The first-order valence-electron chi connectivity index (χ1n) is 14.0. The predicted molar refractivity (Wildman–Crippen MR) is 169 cm³/mol. The molecule has 2 amide bonds. The second-order valence-electron chi connectivity index (χ2n) is 10.3. The van der Waals surface area contributed by atoms with Crippen LogP contribution >= 0.6 is 34.8 Å². The van der Waals surface area contributed by atoms with Crippen LogP contribution in [0.15, 0.2) is 77.7 Å². The summed E-state index contributed by atoms with van der Waals surface area (Å²) in [4.78, 5) is 29.2. The van der Waals surface area contributed by atoms with E-state index in [9.17, 15) is 18.0 Å². The van der Waals surface area contributed by atoms with Gasteiger partial charge in [-0.3, -0.25) is 13.9 Å². The fourth-order valence-corrected chi connectivity index (χ4v) is 7.16. The Hall–Kier alpha value is -2.78. The van der Waals surface area contributed by atoms with Crippen molar-refractivity contribution in [1.29, 1.82) is 0 Å². The number of hydrogen-bond acceptors (Lipinski definition) is 4. The number of halogens is 3. The molecule has 3 aromatic rings. The molecule has 0 saturated heterocycles. The lowest BCUT2D eigenvalue weighted by atomic mass is 9.95. The van der Waals surface area contributed by atoms with Crippen molar-refractivity contribution in [2.75, 3.05) is 10.8 Å². The van der Waals surface area contributed by atoms with Crippen LogP contribution in [0.25, 0.3) is 0 Å². The van der Waals surface area contributed by atoms with Crippen molar-refractivity contribution in [1.82, 2.24) is 10.2 Å². The molecule has 0 aliphatic heterocycles. The quantitative estimate of drug-likeness (QED) is 0.240. The highest BCUT2D eigenvalue weighted by molar-refractivity contribution is 7.92. The standard InChI is InChI=1S/C31H34Cl3N3O4S/c1-2-29(31(39)35-25-9-5-3-6-10-25)36(20-22-13-14-24(33)19-28(22)34)30(38)21-37(26-11-7-4-8-12-26)42(40,41)27-17-15-23(32)16-18-27/h4,7-8,11-19,25,29H,2-3,5-6,9-10,20-21H2,1H3,(H,35,39)/t29-/m0/s1. The fourth-order valence-electron chi connectivity index (χ4n) is 5.15. The molecular weight excluding hydrogens is 617 g/mol. The number of nitrogens with zero attached hydrogens (tertiary/aromatic N) is 2. The number of carbonyl (C=O) groups is 2. The van der Waals surface area contributed by atoms with Gasteiger partial charge in [0.25, 0.3) is 10.0 Å². The molecule has 0 bridgehead atoms. The van der Waals surface area contributed by atoms with E-state index in [1.807, 2.05) is 6.92 Å². The Balaban J connectivity index is 1.70. The Morgan fingerprint density at radius 2 is 1.55 bits per heavy atom. The second kappa shape index (κ2) is 14.6. The van der Waals surface area contributed by atoms with E-state index in [0.29, 0.717) is 32.7 Å². The highest BCUT2D eigenvalue weighted by atomic mass is 35.5. The van der Waals surface area contributed by atoms with Gasteiger partial charge in [0, 0.05) is 27.7 Å². The SMILES string of the molecule is CC[C@@H](C(=O)NC1CCCCC1)N(Cc1ccc(Cl)cc1Cl)C(=O)CN(c1ccccc1)S(=O)(=O)c1ccc(Cl)cc1. The lowest BCUT2D eigenvalue weighted by Gasteiger charge is -2.34. The van der Waals surface area contributed by atoms with Crippen LogP contribution in [0.4, 0.5) is 5.69 Å². The van der Waals surface area contributed by atoms with Crippen LogP contribution in [0.3, 0.4) is 0 Å². The van der Waals surface area contributed by atoms with Crippen LogP contribution in [0.1, 0.15) is 51.0 Å². The Morgan fingerprint density at radius 3 is 2.17 bits per heavy atom. The van der Waals surface area contributed by atoms with Gasteiger partial charge in [0.2, 0.25) is 11.8 Å². The molecule has 42 heavy (non-hydrogen) atoms. The molecule has 1 aliphatic rings. The van der Waals surface area contributed by atoms with Crippen molar-refractivity contribution in [3.63, 3.8) is 0 Å². The van der Waals surface area contributed by atoms with Crippen LogP contribution in [0, 0.1) is 0 Å². The zero-order valence-electron chi connectivity index (χ0n) is 23.3. The highest BCUT2D eigenvalue weighted by Crippen LogP contribution is 2.27. The van der Waals surface area contributed by atoms with Crippen molar-refractivity contribution in [2.45, 2.75) is 69.0 Å². The molecule has 4 rings (SSSR count). The van der Waals surface area contributed by atoms with Crippen molar-refractivity contribution in [3.05, 3.63) is 93.4 Å². The molecule has 1 atom stereocenters. The van der Waals surface area contributed by atoms with E-state index < -0.39 is 28.5 Å². The number of nitrogens with one attached hydrogen (secondary N) is 1. The molecule has 0 unspecified atom stereocenters. The first kappa shape index (κ1) is 32.1. The first-order chi connectivity index (χ1) is 20.1. The smallest absolute Gasteiger partial charge is 0.264 e. The van der Waals surface area contributed by atoms with Crippen molar-refractivity contribution >= 4 is 62.3 Å². The predicted octanol–water partition coefficient (Wildman–Crippen LogP) is 7.10. The van der Waals surface area contributed by atoms with Crippen molar-refractivity contribution < 1.29 is 18.0 Å². The summed E-state index contributed by atoms with van der Waals surface area (Å²) < 4.78 is 28.8. The number of rotatable bonds is 11. The summed E-state index contributed by atoms with van der Waals surface area (Å²) in [6.45, 7) is 1.29. The Morgan fingerprint density at radius 1 is 0.905 bits per heavy atom. The number of hydrogen-bond donors (Lipinski definition) is 1. The summed E-state index contributed by atoms with van der Waals surface area (Å²) in [6, 6.07) is 18.3. The molecule has 1 aliphatic carbocycles. The van der Waals surface area contributed by atoms with Crippen LogP contribution in [-0.4, -0.2) is 43.8 Å². The maximum atomic E-state index is 14.2. The van der Waals surface area contributed by atoms with Gasteiger partial charge in [-0.2, -0.15) is 0 Å². The third-order valence-electron chi connectivity index (χ3n) is 7.42. The van der Waals surface area contributed by atoms with Gasteiger partial charge in [-0.1, -0.05) is 85.3 Å². The zero-order valence-corrected chi connectivity index (χ0v) is 26.4. The van der Waals surface area contributed by atoms with Gasteiger partial charge in [-0.05, 0) is 73.4 Å². The monoisotopic (exact) mass is 649 g/mol. The van der Waals surface area contributed by atoms with Gasteiger partial charge >= 0.3 is 0 Å². The lowest BCUT2D eigenvalue weighted by Crippen LogP contribution is -2.54. The lowest BCUT2D eigenvalue weighted by molar-refractivity contribution is -0.140. The average Bonchev–Trinajstić information content (AvgIpc) is 2.98. The highest BCUT2D eigenvalue weighted by Gasteiger charge is 2.34. The van der Waals surface area contributed by atoms with Gasteiger partial charge in [0.05, 0.1) is 10.6 Å². The minimum absolute atomic E-state index is 0.00491. The van der Waals surface area contributed by atoms with E-state index in [0.717, 1.165) is 36.4 Å². The molecular formula is C31H34Cl3N3O4S. The van der Waals surface area contributed by atoms with Gasteiger partial charge < -0.3 is 10.2 Å². The Bertz CT molecular complexity index is 1480. The number of sulfonamides is 1. The molecule has 11 heteroatoms. The number of para-hydroxylation sites is 1. The number of anilines is 1. The summed E-state index contributed by atoms with van der Waals surface area (Å²) >= 11 is 18.6. The third-order valence-corrected chi connectivity index (χ3v) is 10.0. The van der Waals surface area contributed by atoms with Gasteiger partial charge in [-0.15, -0.1) is 0 Å². The maximum Gasteiger partial charge on any atom is 0.264 e. The molecule has 7 nitrogen and oxygen atoms in total. The first-order valence-corrected chi connectivity index (χ1v) is 16.5. The number of amides is 2. The van der Waals surface area contributed by atoms with Crippen LogP contribution in [0.2, 0.25) is 15.1 Å². The number of carbonyl (C=O) groups excluding carboxylic acids is 2. The Kier molecular flexibility index (Phi) is 11.2. The topological polar surface area (TPSA) is 86.8 Å². The Labute approximate surface area is 262 Å². The fraction of sp³-hybridized carbons (Fsp3) is 0.355. The number of benzene rings is 3. The van der Waals surface area contributed by atoms with E-state index >= 15 is 0 Å². The zero-order chi connectivity index (χ0) is 30.3. The van der Waals surface area contributed by atoms with Crippen molar-refractivity contribution in [3.8, 4) is 0 Å². The van der Waals surface area contributed by atoms with E-state index in [4.69, 9.17) is 34.8 Å². The molecule has 1 fully saturated rings. The average molecular weight is 651 g/mol. The summed E-state index contributed by atoms with van der Waals surface area (Å²) in [5.41, 5.74) is 0.898. The molecule has 0 radical (unpaired) electrons. The van der Waals surface area contributed by atoms with Crippen molar-refractivity contribution in [2.24, 2.45) is 0 Å². The molecule has 0 heterocycles. The summed E-state index contributed by atoms with van der Waals surface area (Å²) in [5, 5.41) is 4.30. The second-order valence-corrected chi connectivity index (χ2v) is 13.5. The van der Waals surface area contributed by atoms with Crippen LogP contribution in [-0.2, 0) is 26.2 Å². The van der Waals surface area contributed by atoms with E-state index in [2.05, 4.69) is 5.32 Å². The van der Waals surface area contributed by atoms with E-state index in [-0.39, 0.29) is 23.4 Å². The summed E-state index contributed by atoms with van der Waals surface area (Å²) in [6.07, 6.45) is 5.32. The van der Waals surface area contributed by atoms with E-state index in [1.54, 1.807) is 48.5 Å². The largest absolute Gasteiger partial charge is 0.352 e. The van der Waals surface area contributed by atoms with Gasteiger partial charge in [0.15, 0.2) is 0 Å². The minimum atomic E-state index is -4.18. The molecule has 0 spiro atoms. The molecule has 1 saturated carbocycles. The minimum Gasteiger partial charge on any atom is -0.352 e.